The molecule has 0 aliphatic rings. The van der Waals surface area contributed by atoms with E-state index in [1.807, 2.05) is 0 Å². The van der Waals surface area contributed by atoms with Crippen LogP contribution < -0.4 is 11.5 Å². The highest BCUT2D eigenvalue weighted by molar-refractivity contribution is 8.93. The van der Waals surface area contributed by atoms with Crippen molar-refractivity contribution in [3.05, 3.63) is 0 Å². The molecule has 0 aromatic rings. The number of hydrogen-bond acceptors (Lipinski definition) is 3. The Morgan fingerprint density at radius 1 is 1.25 bits per heavy atom. The number of halogens is 1. The van der Waals surface area contributed by atoms with Gasteiger partial charge in [0.15, 0.2) is 6.29 Å². The number of aldehydes is 1. The maximum atomic E-state index is 9.25. The van der Waals surface area contributed by atoms with Crippen LogP contribution in [0.15, 0.2) is 0 Å². The Balaban J connectivity index is -0.0000000267. The molecule has 0 aromatic heterocycles. The summed E-state index contributed by atoms with van der Waals surface area (Å²) in [4.78, 5) is 9.25. The van der Waals surface area contributed by atoms with E-state index in [4.69, 9.17) is 11.5 Å². The Morgan fingerprint density at radius 3 is 1.38 bits per heavy atom. The summed E-state index contributed by atoms with van der Waals surface area (Å²) in [5.74, 6) is 0. The fourth-order valence-electron chi connectivity index (χ4n) is 0. The first-order valence-electron chi connectivity index (χ1n) is 1.24. The van der Waals surface area contributed by atoms with Crippen LogP contribution in [-0.4, -0.2) is 12.5 Å². The molecule has 0 unspecified atom stereocenters. The minimum Gasteiger partial charge on any atom is -0.310 e. The number of hydrogen-bond donors (Lipinski definition) is 2. The summed E-state index contributed by atoms with van der Waals surface area (Å²) in [6, 6.07) is 0. The minimum absolute atomic E-state index is 0. The molecule has 0 bridgehead atoms. The number of carbonyl (C=O) groups excluding carboxylic acids is 1. The predicted octanol–water partition coefficient (Wildman–Crippen LogP) is 0.279. The van der Waals surface area contributed by atoms with E-state index < -0.39 is 6.17 Å². The molecule has 0 saturated carbocycles. The lowest BCUT2D eigenvalue weighted by atomic mass is 10.6. The molecule has 0 rings (SSSR count). The summed E-state index contributed by atoms with van der Waals surface area (Å²) < 4.78 is 0. The molecule has 0 amide bonds. The summed E-state index contributed by atoms with van der Waals surface area (Å²) in [6.45, 7) is 0. The molecular formula is C4H15BrN2O. The van der Waals surface area contributed by atoms with Crippen molar-refractivity contribution in [3.63, 3.8) is 0 Å². The zero-order valence-corrected chi connectivity index (χ0v) is 4.84. The molecule has 0 atom stereocenters. The number of carbonyl (C=O) groups is 1. The fraction of sp³-hybridized carbons (Fsp3) is 0.750. The second-order valence-corrected chi connectivity index (χ2v) is 0.713. The van der Waals surface area contributed by atoms with Crippen molar-refractivity contribution >= 4 is 23.3 Å². The van der Waals surface area contributed by atoms with Crippen LogP contribution in [-0.2, 0) is 4.79 Å². The van der Waals surface area contributed by atoms with Crippen molar-refractivity contribution in [2.45, 2.75) is 21.0 Å². The molecule has 8 heavy (non-hydrogen) atoms. The van der Waals surface area contributed by atoms with Crippen LogP contribution in [0.4, 0.5) is 0 Å². The molecule has 0 heterocycles. The highest BCUT2D eigenvalue weighted by Crippen LogP contribution is 1.38. The van der Waals surface area contributed by atoms with E-state index >= 15 is 0 Å². The van der Waals surface area contributed by atoms with Crippen molar-refractivity contribution in [1.29, 1.82) is 0 Å². The van der Waals surface area contributed by atoms with Crippen LogP contribution in [0.2, 0.25) is 0 Å². The number of nitrogens with two attached hydrogens (primary N) is 2. The number of rotatable bonds is 1. The van der Waals surface area contributed by atoms with Crippen LogP contribution in [0.25, 0.3) is 0 Å². The van der Waals surface area contributed by atoms with Gasteiger partial charge in [0.2, 0.25) is 0 Å². The predicted molar refractivity (Wildman–Crippen MR) is 42.0 cm³/mol. The first-order chi connectivity index (χ1) is 2.27. The lowest BCUT2D eigenvalue weighted by molar-refractivity contribution is -0.108. The van der Waals surface area contributed by atoms with Crippen molar-refractivity contribution in [2.24, 2.45) is 11.5 Å². The Morgan fingerprint density at radius 2 is 1.38 bits per heavy atom. The molecule has 3 nitrogen and oxygen atoms in total. The summed E-state index contributed by atoms with van der Waals surface area (Å²) in [6.07, 6.45) is -0.324. The van der Waals surface area contributed by atoms with Crippen LogP contribution in [0, 0.1) is 0 Å². The van der Waals surface area contributed by atoms with Gasteiger partial charge in [0.25, 0.3) is 0 Å². The summed E-state index contributed by atoms with van der Waals surface area (Å²) in [5.41, 5.74) is 9.40. The normalized spacial score (nSPS) is 5.38. The lowest BCUT2D eigenvalue weighted by Crippen LogP contribution is -2.31. The van der Waals surface area contributed by atoms with Crippen molar-refractivity contribution in [3.8, 4) is 0 Å². The smallest absolute Gasteiger partial charge is 0.151 e. The van der Waals surface area contributed by atoms with E-state index in [0.29, 0.717) is 6.29 Å². The molecule has 0 fully saturated rings. The average Bonchev–Trinajstić information content (AvgIpc) is 1.38. The van der Waals surface area contributed by atoms with E-state index in [2.05, 4.69) is 0 Å². The largest absolute Gasteiger partial charge is 0.310 e. The molecule has 0 saturated heterocycles. The highest BCUT2D eigenvalue weighted by Gasteiger charge is 1.78. The Kier molecular flexibility index (Phi) is 47.9. The van der Waals surface area contributed by atoms with E-state index in [0.717, 1.165) is 0 Å². The van der Waals surface area contributed by atoms with Crippen molar-refractivity contribution in [1.82, 2.24) is 0 Å². The summed E-state index contributed by atoms with van der Waals surface area (Å²) in [7, 11) is 0. The summed E-state index contributed by atoms with van der Waals surface area (Å²) in [5, 5.41) is 0. The van der Waals surface area contributed by atoms with Crippen LogP contribution in [0.3, 0.4) is 0 Å². The maximum absolute atomic E-state index is 9.25. The SMILES string of the molecule is Br.C.C.NC(N)C=O. The third kappa shape index (κ3) is 36.4. The molecule has 0 aliphatic carbocycles. The Bertz CT molecular complexity index is 41.0. The molecule has 0 radical (unpaired) electrons. The second kappa shape index (κ2) is 15.7. The molecular weight excluding hydrogens is 172 g/mol. The van der Waals surface area contributed by atoms with Gasteiger partial charge in [-0.1, -0.05) is 14.9 Å². The molecule has 0 aliphatic heterocycles. The Labute approximate surface area is 61.2 Å². The van der Waals surface area contributed by atoms with Gasteiger partial charge in [0, 0.05) is 0 Å². The van der Waals surface area contributed by atoms with E-state index in [1.54, 1.807) is 0 Å². The van der Waals surface area contributed by atoms with E-state index in [1.165, 1.54) is 0 Å². The highest BCUT2D eigenvalue weighted by atomic mass is 79.9. The molecule has 0 aromatic carbocycles. The van der Waals surface area contributed by atoms with E-state index in [9.17, 15) is 4.79 Å². The topological polar surface area (TPSA) is 69.1 Å². The first kappa shape index (κ1) is 24.4. The van der Waals surface area contributed by atoms with Gasteiger partial charge in [0.05, 0.1) is 0 Å². The zero-order valence-electron chi connectivity index (χ0n) is 3.13. The third-order valence-electron chi connectivity index (χ3n) is 0.157. The monoisotopic (exact) mass is 186 g/mol. The van der Waals surface area contributed by atoms with Crippen LogP contribution >= 0.6 is 17.0 Å². The zero-order chi connectivity index (χ0) is 4.28. The van der Waals surface area contributed by atoms with Gasteiger partial charge in [-0.25, -0.2) is 0 Å². The quantitative estimate of drug-likeness (QED) is 0.457. The fourth-order valence-corrected chi connectivity index (χ4v) is 0. The molecule has 0 spiro atoms. The lowest BCUT2D eigenvalue weighted by Gasteiger charge is -1.82. The molecule has 4 N–H and O–H groups in total. The molecule has 54 valence electrons. The van der Waals surface area contributed by atoms with Gasteiger partial charge < -0.3 is 16.3 Å². The standard InChI is InChI=1S/C2H6N2O.2CH4.BrH/c3-2(4)1-5;;;/h1-2H,3-4H2;2*1H4;1H. The van der Waals surface area contributed by atoms with Gasteiger partial charge in [-0.15, -0.1) is 17.0 Å². The first-order valence-corrected chi connectivity index (χ1v) is 1.24. The van der Waals surface area contributed by atoms with Crippen LogP contribution in [0.1, 0.15) is 14.9 Å². The minimum atomic E-state index is -0.796. The molecule has 4 heteroatoms. The summed E-state index contributed by atoms with van der Waals surface area (Å²) >= 11 is 0. The van der Waals surface area contributed by atoms with Gasteiger partial charge in [0.1, 0.15) is 6.17 Å². The second-order valence-electron chi connectivity index (χ2n) is 0.713. The maximum Gasteiger partial charge on any atom is 0.151 e. The van der Waals surface area contributed by atoms with Gasteiger partial charge in [-0.2, -0.15) is 0 Å². The van der Waals surface area contributed by atoms with Gasteiger partial charge in [-0.3, -0.25) is 0 Å². The van der Waals surface area contributed by atoms with Crippen molar-refractivity contribution in [2.75, 3.05) is 0 Å². The Hall–Kier alpha value is 0.0700. The van der Waals surface area contributed by atoms with E-state index in [-0.39, 0.29) is 31.8 Å². The van der Waals surface area contributed by atoms with Gasteiger partial charge >= 0.3 is 0 Å². The third-order valence-corrected chi connectivity index (χ3v) is 0.157. The van der Waals surface area contributed by atoms with Crippen LogP contribution in [0.5, 0.6) is 0 Å². The van der Waals surface area contributed by atoms with Gasteiger partial charge in [-0.05, 0) is 0 Å². The average molecular weight is 187 g/mol. The van der Waals surface area contributed by atoms with Crippen molar-refractivity contribution < 1.29 is 4.79 Å².